The number of aliphatic hydroxyl groups excluding tert-OH is 1. The predicted molar refractivity (Wildman–Crippen MR) is 119 cm³/mol. The van der Waals surface area contributed by atoms with E-state index in [1.54, 1.807) is 6.26 Å². The third-order valence-electron chi connectivity index (χ3n) is 10.5. The van der Waals surface area contributed by atoms with Crippen LogP contribution in [0.1, 0.15) is 71.3 Å². The Morgan fingerprint density at radius 1 is 1.21 bits per heavy atom. The van der Waals surface area contributed by atoms with Crippen molar-refractivity contribution in [1.82, 2.24) is 0 Å². The Balaban J connectivity index is 1.51. The molecule has 178 valence electrons. The zero-order chi connectivity index (χ0) is 23.4. The van der Waals surface area contributed by atoms with Gasteiger partial charge in [0.15, 0.2) is 0 Å². The van der Waals surface area contributed by atoms with E-state index in [0.29, 0.717) is 19.4 Å². The van der Waals surface area contributed by atoms with Crippen molar-refractivity contribution in [1.29, 1.82) is 0 Å². The Morgan fingerprint density at radius 2 is 1.97 bits per heavy atom. The van der Waals surface area contributed by atoms with Gasteiger partial charge in [-0.15, -0.1) is 0 Å². The van der Waals surface area contributed by atoms with Crippen molar-refractivity contribution in [3.8, 4) is 0 Å². The minimum atomic E-state index is -0.955. The fourth-order valence-corrected chi connectivity index (χ4v) is 9.11. The van der Waals surface area contributed by atoms with Gasteiger partial charge in [0.05, 0.1) is 30.8 Å². The lowest BCUT2D eigenvalue weighted by Crippen LogP contribution is -2.72. The van der Waals surface area contributed by atoms with Crippen molar-refractivity contribution in [2.75, 3.05) is 6.61 Å². The molecule has 0 amide bonds. The quantitative estimate of drug-likeness (QED) is 0.410. The van der Waals surface area contributed by atoms with E-state index < -0.39 is 34.6 Å². The van der Waals surface area contributed by atoms with Crippen LogP contribution in [0.4, 0.5) is 0 Å². The first-order valence-electron chi connectivity index (χ1n) is 12.3. The molecule has 0 radical (unpaired) electrons. The molecule has 1 spiro atoms. The SMILES string of the molecule is CC(=O)O[C@@H]1[C@H](O)[C@H]2[C@@]3(CCC(=O)[C@]2(C)[C@H]2CC[C@@]4(C)C(=CC[C@H]4c4ccoc4)[C@@]21C)CO3. The molecule has 3 saturated carbocycles. The van der Waals surface area contributed by atoms with E-state index in [2.05, 4.69) is 26.8 Å². The Morgan fingerprint density at radius 3 is 2.61 bits per heavy atom. The summed E-state index contributed by atoms with van der Waals surface area (Å²) in [7, 11) is 0. The van der Waals surface area contributed by atoms with Crippen LogP contribution in [-0.2, 0) is 19.1 Å². The third-order valence-corrected chi connectivity index (χ3v) is 10.5. The molecule has 33 heavy (non-hydrogen) atoms. The molecule has 1 aromatic rings. The summed E-state index contributed by atoms with van der Waals surface area (Å²) in [6, 6.07) is 2.04. The van der Waals surface area contributed by atoms with Gasteiger partial charge in [-0.25, -0.2) is 0 Å². The number of carbonyl (C=O) groups excluding carboxylic acids is 2. The zero-order valence-corrected chi connectivity index (χ0v) is 19.9. The minimum Gasteiger partial charge on any atom is -0.472 e. The fraction of sp³-hybridized carbons (Fsp3) is 0.704. The summed E-state index contributed by atoms with van der Waals surface area (Å²) in [6.45, 7) is 8.47. The molecular formula is C27H34O6. The number of furan rings is 1. The molecule has 0 bridgehead atoms. The van der Waals surface area contributed by atoms with E-state index >= 15 is 0 Å². The lowest BCUT2D eigenvalue weighted by Gasteiger charge is -2.66. The second-order valence-corrected chi connectivity index (χ2v) is 11.8. The van der Waals surface area contributed by atoms with Crippen LogP contribution in [0.3, 0.4) is 0 Å². The highest BCUT2D eigenvalue weighted by atomic mass is 16.6. The van der Waals surface area contributed by atoms with E-state index in [4.69, 9.17) is 13.9 Å². The summed E-state index contributed by atoms with van der Waals surface area (Å²) in [6.07, 6.45) is 7.97. The van der Waals surface area contributed by atoms with Gasteiger partial charge in [0, 0.05) is 30.1 Å². The molecule has 0 aromatic carbocycles. The number of ether oxygens (including phenoxy) is 2. The lowest BCUT2D eigenvalue weighted by atomic mass is 9.38. The Kier molecular flexibility index (Phi) is 4.32. The van der Waals surface area contributed by atoms with Gasteiger partial charge < -0.3 is 19.0 Å². The summed E-state index contributed by atoms with van der Waals surface area (Å²) < 4.78 is 17.4. The van der Waals surface area contributed by atoms with Crippen molar-refractivity contribution in [2.45, 2.75) is 83.5 Å². The molecule has 9 atom stereocenters. The van der Waals surface area contributed by atoms with Gasteiger partial charge in [0.2, 0.25) is 0 Å². The molecule has 1 saturated heterocycles. The summed E-state index contributed by atoms with van der Waals surface area (Å²) in [5.41, 5.74) is 0.440. The van der Waals surface area contributed by atoms with E-state index in [0.717, 1.165) is 19.3 Å². The summed E-state index contributed by atoms with van der Waals surface area (Å²) in [5.74, 6) is -0.292. The monoisotopic (exact) mass is 454 g/mol. The van der Waals surface area contributed by atoms with Crippen LogP contribution in [0.25, 0.3) is 0 Å². The zero-order valence-electron chi connectivity index (χ0n) is 19.9. The number of rotatable bonds is 2. The van der Waals surface area contributed by atoms with Crippen molar-refractivity contribution in [3.63, 3.8) is 0 Å². The normalized spacial score (nSPS) is 50.3. The molecule has 1 N–H and O–H groups in total. The van der Waals surface area contributed by atoms with Crippen LogP contribution >= 0.6 is 0 Å². The first-order chi connectivity index (χ1) is 15.6. The average Bonchev–Trinajstić information content (AvgIpc) is 3.15. The first kappa shape index (κ1) is 21.6. The first-order valence-corrected chi connectivity index (χ1v) is 12.3. The number of hydrogen-bond donors (Lipinski definition) is 1. The molecule has 2 heterocycles. The number of fused-ring (bicyclic) bond motifs is 6. The number of epoxide rings is 1. The van der Waals surface area contributed by atoms with Crippen LogP contribution in [0.5, 0.6) is 0 Å². The Labute approximate surface area is 194 Å². The van der Waals surface area contributed by atoms with E-state index in [1.807, 2.05) is 12.3 Å². The molecule has 6 nitrogen and oxygen atoms in total. The summed E-state index contributed by atoms with van der Waals surface area (Å²) >= 11 is 0. The number of allylic oxidation sites excluding steroid dienone is 1. The molecule has 4 aliphatic carbocycles. The number of ketones is 1. The fourth-order valence-electron chi connectivity index (χ4n) is 9.11. The number of hydrogen-bond acceptors (Lipinski definition) is 6. The largest absolute Gasteiger partial charge is 0.472 e. The van der Waals surface area contributed by atoms with Gasteiger partial charge >= 0.3 is 5.97 Å². The molecule has 6 rings (SSSR count). The highest BCUT2D eigenvalue weighted by Gasteiger charge is 2.77. The van der Waals surface area contributed by atoms with Gasteiger partial charge in [0.25, 0.3) is 0 Å². The van der Waals surface area contributed by atoms with Gasteiger partial charge in [0.1, 0.15) is 11.9 Å². The maximum Gasteiger partial charge on any atom is 0.303 e. The average molecular weight is 455 g/mol. The summed E-state index contributed by atoms with van der Waals surface area (Å²) in [4.78, 5) is 26.0. The maximum absolute atomic E-state index is 13.7. The van der Waals surface area contributed by atoms with Crippen LogP contribution in [-0.4, -0.2) is 41.3 Å². The Hall–Kier alpha value is -1.92. The highest BCUT2D eigenvalue weighted by molar-refractivity contribution is 5.87. The number of carbonyl (C=O) groups is 2. The highest BCUT2D eigenvalue weighted by Crippen LogP contribution is 2.73. The van der Waals surface area contributed by atoms with Crippen molar-refractivity contribution < 1.29 is 28.6 Å². The van der Waals surface area contributed by atoms with E-state index in [1.165, 1.54) is 18.1 Å². The number of aliphatic hydroxyl groups is 1. The number of Topliss-reactive ketones (excluding diaryl/α,β-unsaturated/α-hetero) is 1. The second-order valence-electron chi connectivity index (χ2n) is 11.8. The van der Waals surface area contributed by atoms with Crippen LogP contribution in [0.2, 0.25) is 0 Å². The molecule has 1 aliphatic heterocycles. The lowest BCUT2D eigenvalue weighted by molar-refractivity contribution is -0.234. The van der Waals surface area contributed by atoms with Gasteiger partial charge in [-0.2, -0.15) is 0 Å². The molecule has 1 aromatic heterocycles. The molecule has 0 unspecified atom stereocenters. The van der Waals surface area contributed by atoms with Crippen molar-refractivity contribution in [2.24, 2.45) is 28.1 Å². The minimum absolute atomic E-state index is 0.0287. The predicted octanol–water partition coefficient (Wildman–Crippen LogP) is 4.18. The van der Waals surface area contributed by atoms with E-state index in [9.17, 15) is 14.7 Å². The third kappa shape index (κ3) is 2.52. The molecule has 5 aliphatic rings. The van der Waals surface area contributed by atoms with Crippen molar-refractivity contribution in [3.05, 3.63) is 35.8 Å². The van der Waals surface area contributed by atoms with Crippen LogP contribution in [0.15, 0.2) is 34.7 Å². The summed E-state index contributed by atoms with van der Waals surface area (Å²) in [5, 5.41) is 11.9. The maximum atomic E-state index is 13.7. The molecular weight excluding hydrogens is 420 g/mol. The Bertz CT molecular complexity index is 1040. The van der Waals surface area contributed by atoms with Crippen molar-refractivity contribution >= 4 is 11.8 Å². The van der Waals surface area contributed by atoms with E-state index in [-0.39, 0.29) is 29.0 Å². The topological polar surface area (TPSA) is 89.3 Å². The molecule has 6 heteroatoms. The van der Waals surface area contributed by atoms with Gasteiger partial charge in [-0.1, -0.05) is 32.4 Å². The van der Waals surface area contributed by atoms with Crippen LogP contribution in [0, 0.1) is 28.1 Å². The smallest absolute Gasteiger partial charge is 0.303 e. The van der Waals surface area contributed by atoms with Gasteiger partial charge in [-0.3, -0.25) is 9.59 Å². The standard InChI is InChI=1S/C27H34O6/c1-15(28)33-23-21(30)22-26(4,20(29)8-11-27(22)14-32-27)19-7-10-24(2)17(16-9-12-31-13-16)5-6-18(24)25(19,23)3/h6,9,12-13,17,19,21-23,30H,5,7-8,10-11,14H2,1-4H3/t17-,19-,21+,22+,23+,24+,25-,26-,27+/m0/s1. The second kappa shape index (κ2) is 6.60. The molecule has 4 fully saturated rings. The van der Waals surface area contributed by atoms with Crippen LogP contribution < -0.4 is 0 Å². The number of esters is 1. The van der Waals surface area contributed by atoms with Gasteiger partial charge in [-0.05, 0) is 54.6 Å².